The fourth-order valence-corrected chi connectivity index (χ4v) is 4.80. The Hall–Kier alpha value is -2.86. The smallest absolute Gasteiger partial charge is 0.252 e. The van der Waals surface area contributed by atoms with E-state index < -0.39 is 5.54 Å². The van der Waals surface area contributed by atoms with Gasteiger partial charge in [0.25, 0.3) is 5.91 Å². The Morgan fingerprint density at radius 2 is 1.93 bits per heavy atom. The molecule has 2 aromatic rings. The number of amides is 2. The van der Waals surface area contributed by atoms with Crippen molar-refractivity contribution >= 4 is 11.8 Å². The summed E-state index contributed by atoms with van der Waals surface area (Å²) in [5.41, 5.74) is 2.37. The minimum atomic E-state index is -0.566. The molecule has 6 heteroatoms. The standard InChI is InChI=1S/C24H29N3O3/c1-26(2)23(29)21-15-27(14-17-8-10-19(30-3)11-9-17)16-24(21)13-12-18-6-4-5-7-20(18)22(28)25-24/h4-11,21H,12-16H2,1-3H3,(H,25,28)/t21-,24+/m1/s1. The molecule has 0 bridgehead atoms. The molecule has 1 saturated heterocycles. The van der Waals surface area contributed by atoms with E-state index in [-0.39, 0.29) is 17.7 Å². The van der Waals surface area contributed by atoms with E-state index in [4.69, 9.17) is 4.74 Å². The molecule has 30 heavy (non-hydrogen) atoms. The molecule has 2 heterocycles. The van der Waals surface area contributed by atoms with Crippen LogP contribution in [0.3, 0.4) is 0 Å². The fraction of sp³-hybridized carbons (Fsp3) is 0.417. The first-order valence-corrected chi connectivity index (χ1v) is 10.4. The Balaban J connectivity index is 1.61. The molecule has 2 atom stereocenters. The van der Waals surface area contributed by atoms with Crippen LogP contribution in [0, 0.1) is 5.92 Å². The third kappa shape index (κ3) is 3.79. The van der Waals surface area contributed by atoms with Gasteiger partial charge in [-0.3, -0.25) is 14.5 Å². The first-order valence-electron chi connectivity index (χ1n) is 10.4. The maximum Gasteiger partial charge on any atom is 0.252 e. The van der Waals surface area contributed by atoms with Crippen LogP contribution in [-0.4, -0.2) is 61.4 Å². The van der Waals surface area contributed by atoms with Crippen LogP contribution in [-0.2, 0) is 17.8 Å². The number of rotatable bonds is 4. The van der Waals surface area contributed by atoms with Crippen LogP contribution in [0.4, 0.5) is 0 Å². The van der Waals surface area contributed by atoms with E-state index in [1.54, 1.807) is 26.1 Å². The van der Waals surface area contributed by atoms with Crippen molar-refractivity contribution in [1.29, 1.82) is 0 Å². The summed E-state index contributed by atoms with van der Waals surface area (Å²) in [6, 6.07) is 15.8. The molecule has 0 saturated carbocycles. The molecule has 0 unspecified atom stereocenters. The summed E-state index contributed by atoms with van der Waals surface area (Å²) in [7, 11) is 5.23. The van der Waals surface area contributed by atoms with Crippen LogP contribution in [0.2, 0.25) is 0 Å². The molecule has 1 fully saturated rings. The zero-order chi connectivity index (χ0) is 21.3. The van der Waals surface area contributed by atoms with E-state index in [9.17, 15) is 9.59 Å². The van der Waals surface area contributed by atoms with Gasteiger partial charge in [-0.05, 0) is 42.2 Å². The second-order valence-corrected chi connectivity index (χ2v) is 8.57. The highest BCUT2D eigenvalue weighted by atomic mass is 16.5. The number of hydrogen-bond donors (Lipinski definition) is 1. The number of carbonyl (C=O) groups excluding carboxylic acids is 2. The number of methoxy groups -OCH3 is 1. The van der Waals surface area contributed by atoms with Gasteiger partial charge >= 0.3 is 0 Å². The minimum Gasteiger partial charge on any atom is -0.497 e. The van der Waals surface area contributed by atoms with Crippen LogP contribution in [0.5, 0.6) is 5.75 Å². The zero-order valence-corrected chi connectivity index (χ0v) is 17.9. The minimum absolute atomic E-state index is 0.0680. The summed E-state index contributed by atoms with van der Waals surface area (Å²) in [6.07, 6.45) is 1.53. The summed E-state index contributed by atoms with van der Waals surface area (Å²) in [5, 5.41) is 3.28. The summed E-state index contributed by atoms with van der Waals surface area (Å²) >= 11 is 0. The average Bonchev–Trinajstić information content (AvgIpc) is 3.02. The fourth-order valence-electron chi connectivity index (χ4n) is 4.80. The van der Waals surface area contributed by atoms with Gasteiger partial charge in [-0.15, -0.1) is 0 Å². The number of carbonyl (C=O) groups is 2. The van der Waals surface area contributed by atoms with Gasteiger partial charge in [0, 0.05) is 39.3 Å². The Bertz CT molecular complexity index is 941. The number of benzene rings is 2. The van der Waals surface area contributed by atoms with Gasteiger partial charge in [0.05, 0.1) is 18.6 Å². The van der Waals surface area contributed by atoms with E-state index in [2.05, 4.69) is 10.2 Å². The molecular weight excluding hydrogens is 378 g/mol. The number of fused-ring (bicyclic) bond motifs is 1. The van der Waals surface area contributed by atoms with E-state index in [1.807, 2.05) is 48.5 Å². The molecule has 0 aliphatic carbocycles. The summed E-state index contributed by atoms with van der Waals surface area (Å²) < 4.78 is 5.25. The molecule has 2 aliphatic rings. The van der Waals surface area contributed by atoms with E-state index >= 15 is 0 Å². The van der Waals surface area contributed by atoms with Crippen LogP contribution in [0.1, 0.15) is 27.9 Å². The largest absolute Gasteiger partial charge is 0.497 e. The predicted molar refractivity (Wildman–Crippen MR) is 115 cm³/mol. The molecule has 2 aliphatic heterocycles. The van der Waals surface area contributed by atoms with Gasteiger partial charge < -0.3 is 15.0 Å². The lowest BCUT2D eigenvalue weighted by Crippen LogP contribution is -2.57. The molecule has 158 valence electrons. The summed E-state index contributed by atoms with van der Waals surface area (Å²) in [4.78, 5) is 30.1. The molecule has 2 amide bonds. The van der Waals surface area contributed by atoms with E-state index in [0.717, 1.165) is 41.8 Å². The molecule has 6 nitrogen and oxygen atoms in total. The first-order chi connectivity index (χ1) is 14.4. The highest BCUT2D eigenvalue weighted by Gasteiger charge is 2.52. The quantitative estimate of drug-likeness (QED) is 0.845. The van der Waals surface area contributed by atoms with Crippen LogP contribution >= 0.6 is 0 Å². The summed E-state index contributed by atoms with van der Waals surface area (Å²) in [6.45, 7) is 2.01. The van der Waals surface area contributed by atoms with Crippen LogP contribution in [0.25, 0.3) is 0 Å². The molecule has 2 aromatic carbocycles. The van der Waals surface area contributed by atoms with Crippen molar-refractivity contribution in [3.8, 4) is 5.75 Å². The Morgan fingerprint density at radius 3 is 2.63 bits per heavy atom. The maximum absolute atomic E-state index is 13.1. The number of nitrogens with zero attached hydrogens (tertiary/aromatic N) is 2. The van der Waals surface area contributed by atoms with Crippen molar-refractivity contribution in [2.24, 2.45) is 5.92 Å². The van der Waals surface area contributed by atoms with Crippen molar-refractivity contribution in [2.45, 2.75) is 24.9 Å². The zero-order valence-electron chi connectivity index (χ0n) is 17.9. The van der Waals surface area contributed by atoms with Gasteiger partial charge in [-0.1, -0.05) is 30.3 Å². The Kier molecular flexibility index (Phi) is 5.52. The SMILES string of the molecule is COc1ccc(CN2C[C@H](C(=O)N(C)C)[C@]3(CCc4ccccc4C(=O)N3)C2)cc1. The topological polar surface area (TPSA) is 61.9 Å². The van der Waals surface area contributed by atoms with E-state index in [1.165, 1.54) is 0 Å². The molecule has 0 radical (unpaired) electrons. The van der Waals surface area contributed by atoms with E-state index in [0.29, 0.717) is 13.1 Å². The molecule has 1 spiro atoms. The highest BCUT2D eigenvalue weighted by molar-refractivity contribution is 5.97. The second kappa shape index (κ2) is 8.11. The van der Waals surface area contributed by atoms with Gasteiger partial charge in [-0.25, -0.2) is 0 Å². The van der Waals surface area contributed by atoms with Gasteiger partial charge in [0.15, 0.2) is 0 Å². The van der Waals surface area contributed by atoms with Gasteiger partial charge in [-0.2, -0.15) is 0 Å². The Morgan fingerprint density at radius 1 is 1.20 bits per heavy atom. The predicted octanol–water partition coefficient (Wildman–Crippen LogP) is 2.33. The first kappa shape index (κ1) is 20.4. The third-order valence-electron chi connectivity index (χ3n) is 6.38. The summed E-state index contributed by atoms with van der Waals surface area (Å²) in [5.74, 6) is 0.541. The van der Waals surface area contributed by atoms with Crippen molar-refractivity contribution < 1.29 is 14.3 Å². The van der Waals surface area contributed by atoms with Gasteiger partial charge in [0.1, 0.15) is 5.75 Å². The number of ether oxygens (including phenoxy) is 1. The number of likely N-dealkylation sites (tertiary alicyclic amines) is 1. The average molecular weight is 408 g/mol. The lowest BCUT2D eigenvalue weighted by molar-refractivity contribution is -0.134. The number of aryl methyl sites for hydroxylation is 1. The number of nitrogens with one attached hydrogen (secondary N) is 1. The van der Waals surface area contributed by atoms with Crippen molar-refractivity contribution in [2.75, 3.05) is 34.3 Å². The van der Waals surface area contributed by atoms with Crippen molar-refractivity contribution in [3.63, 3.8) is 0 Å². The molecular formula is C24H29N3O3. The molecule has 0 aromatic heterocycles. The number of hydrogen-bond acceptors (Lipinski definition) is 4. The normalized spacial score (nSPS) is 23.6. The maximum atomic E-state index is 13.1. The lowest BCUT2D eigenvalue weighted by Gasteiger charge is -2.35. The van der Waals surface area contributed by atoms with Crippen molar-refractivity contribution in [1.82, 2.24) is 15.1 Å². The van der Waals surface area contributed by atoms with Crippen molar-refractivity contribution in [3.05, 3.63) is 65.2 Å². The monoisotopic (exact) mass is 407 g/mol. The molecule has 1 N–H and O–H groups in total. The van der Waals surface area contributed by atoms with Crippen LogP contribution < -0.4 is 10.1 Å². The second-order valence-electron chi connectivity index (χ2n) is 8.57. The lowest BCUT2D eigenvalue weighted by atomic mass is 9.81. The highest BCUT2D eigenvalue weighted by Crippen LogP contribution is 2.36. The Labute approximate surface area is 177 Å². The third-order valence-corrected chi connectivity index (χ3v) is 6.38. The van der Waals surface area contributed by atoms with Gasteiger partial charge in [0.2, 0.25) is 5.91 Å². The van der Waals surface area contributed by atoms with Crippen LogP contribution in [0.15, 0.2) is 48.5 Å². The molecule has 4 rings (SSSR count).